The fraction of sp³-hybridized carbons (Fsp3) is 0.462. The molecule has 0 spiro atoms. The van der Waals surface area contributed by atoms with E-state index >= 15 is 0 Å². The smallest absolute Gasteiger partial charge is 0.324 e. The van der Waals surface area contributed by atoms with Crippen LogP contribution >= 0.6 is 15.9 Å². The molecule has 0 saturated carbocycles. The van der Waals surface area contributed by atoms with Crippen molar-refractivity contribution in [1.29, 1.82) is 0 Å². The first-order chi connectivity index (χ1) is 7.65. The second kappa shape index (κ2) is 8.34. The average molecular weight is 287 g/mol. The lowest BCUT2D eigenvalue weighted by atomic mass is 10.1. The molecular formula is C13H19BrO2. The van der Waals surface area contributed by atoms with Crippen molar-refractivity contribution in [1.82, 2.24) is 0 Å². The number of aryl methyl sites for hydroxylation is 1. The molecule has 0 heterocycles. The maximum Gasteiger partial charge on any atom is 0.324 e. The number of ether oxygens (including phenoxy) is 1. The number of hydrogen-bond acceptors (Lipinski definition) is 2. The Morgan fingerprint density at radius 3 is 2.56 bits per heavy atom. The van der Waals surface area contributed by atoms with Crippen LogP contribution in [0.3, 0.4) is 0 Å². The molecule has 1 aromatic rings. The Labute approximate surface area is 106 Å². The zero-order valence-electron chi connectivity index (χ0n) is 10.3. The van der Waals surface area contributed by atoms with Gasteiger partial charge in [0, 0.05) is 0 Å². The maximum absolute atomic E-state index is 11.4. The number of esters is 1. The minimum absolute atomic E-state index is 0.238. The van der Waals surface area contributed by atoms with Gasteiger partial charge in [0.1, 0.15) is 4.83 Å². The standard InChI is InChI=1S/C11H13BrO2.C2H6/c1-3-14-11(13)10(12)9-6-4-5-8(2)7-9;1-2/h4-7,10H,3H2,1-2H3;1-2H3. The van der Waals surface area contributed by atoms with Gasteiger partial charge in [0.05, 0.1) is 6.61 Å². The van der Waals surface area contributed by atoms with E-state index in [1.54, 1.807) is 6.92 Å². The van der Waals surface area contributed by atoms with E-state index in [9.17, 15) is 4.79 Å². The summed E-state index contributed by atoms with van der Waals surface area (Å²) >= 11 is 3.31. The lowest BCUT2D eigenvalue weighted by Gasteiger charge is -2.09. The molecule has 1 atom stereocenters. The second-order valence-corrected chi connectivity index (χ2v) is 3.94. The van der Waals surface area contributed by atoms with Gasteiger partial charge >= 0.3 is 5.97 Å². The van der Waals surface area contributed by atoms with Crippen molar-refractivity contribution in [3.05, 3.63) is 35.4 Å². The van der Waals surface area contributed by atoms with Crippen molar-refractivity contribution in [2.24, 2.45) is 0 Å². The molecule has 1 rings (SSSR count). The first-order valence-electron chi connectivity index (χ1n) is 5.52. The van der Waals surface area contributed by atoms with E-state index in [0.717, 1.165) is 11.1 Å². The summed E-state index contributed by atoms with van der Waals surface area (Å²) in [7, 11) is 0. The van der Waals surface area contributed by atoms with Gasteiger partial charge in [0.15, 0.2) is 0 Å². The topological polar surface area (TPSA) is 26.3 Å². The molecule has 0 bridgehead atoms. The van der Waals surface area contributed by atoms with Gasteiger partial charge < -0.3 is 4.74 Å². The van der Waals surface area contributed by atoms with Crippen LogP contribution in [0.15, 0.2) is 24.3 Å². The molecule has 2 nitrogen and oxygen atoms in total. The van der Waals surface area contributed by atoms with E-state index in [1.807, 2.05) is 45.0 Å². The predicted molar refractivity (Wildman–Crippen MR) is 70.8 cm³/mol. The summed E-state index contributed by atoms with van der Waals surface area (Å²) in [5.74, 6) is -0.238. The summed E-state index contributed by atoms with van der Waals surface area (Å²) < 4.78 is 4.91. The van der Waals surface area contributed by atoms with E-state index in [1.165, 1.54) is 0 Å². The molecule has 1 aromatic carbocycles. The van der Waals surface area contributed by atoms with Crippen LogP contribution in [0, 0.1) is 6.92 Å². The van der Waals surface area contributed by atoms with Crippen molar-refractivity contribution >= 4 is 21.9 Å². The van der Waals surface area contributed by atoms with Gasteiger partial charge in [-0.15, -0.1) is 0 Å². The Bertz CT molecular complexity index is 323. The summed E-state index contributed by atoms with van der Waals surface area (Å²) in [5, 5.41) is 0. The number of alkyl halides is 1. The lowest BCUT2D eigenvalue weighted by molar-refractivity contribution is -0.142. The molecule has 90 valence electrons. The number of halogens is 1. The Morgan fingerprint density at radius 2 is 2.06 bits per heavy atom. The second-order valence-electron chi connectivity index (χ2n) is 3.03. The monoisotopic (exact) mass is 286 g/mol. The van der Waals surface area contributed by atoms with Crippen molar-refractivity contribution < 1.29 is 9.53 Å². The molecule has 0 aromatic heterocycles. The third-order valence-corrected chi connectivity index (χ3v) is 2.73. The lowest BCUT2D eigenvalue weighted by Crippen LogP contribution is -2.10. The highest BCUT2D eigenvalue weighted by atomic mass is 79.9. The van der Waals surface area contributed by atoms with Crippen LogP contribution in [-0.4, -0.2) is 12.6 Å². The third kappa shape index (κ3) is 4.79. The maximum atomic E-state index is 11.4. The molecule has 0 aliphatic carbocycles. The van der Waals surface area contributed by atoms with Crippen molar-refractivity contribution in [2.45, 2.75) is 32.5 Å². The molecule has 0 fully saturated rings. The number of carbonyl (C=O) groups is 1. The van der Waals surface area contributed by atoms with E-state index in [0.29, 0.717) is 6.61 Å². The van der Waals surface area contributed by atoms with Crippen LogP contribution in [0.4, 0.5) is 0 Å². The highest BCUT2D eigenvalue weighted by molar-refractivity contribution is 9.09. The van der Waals surface area contributed by atoms with Gasteiger partial charge in [-0.2, -0.15) is 0 Å². The van der Waals surface area contributed by atoms with Gasteiger partial charge in [-0.25, -0.2) is 0 Å². The van der Waals surface area contributed by atoms with Crippen LogP contribution in [0.2, 0.25) is 0 Å². The summed E-state index contributed by atoms with van der Waals surface area (Å²) in [5.41, 5.74) is 2.07. The van der Waals surface area contributed by atoms with Crippen LogP contribution < -0.4 is 0 Å². The Balaban J connectivity index is 0.00000106. The fourth-order valence-corrected chi connectivity index (χ4v) is 1.60. The van der Waals surface area contributed by atoms with Gasteiger partial charge in [0.2, 0.25) is 0 Å². The first kappa shape index (κ1) is 15.2. The van der Waals surface area contributed by atoms with Gasteiger partial charge in [-0.05, 0) is 19.4 Å². The molecule has 3 heteroatoms. The van der Waals surface area contributed by atoms with E-state index in [4.69, 9.17) is 4.74 Å². The molecule has 0 amide bonds. The summed E-state index contributed by atoms with van der Waals surface area (Å²) in [6, 6.07) is 7.80. The average Bonchev–Trinajstić information content (AvgIpc) is 2.31. The van der Waals surface area contributed by atoms with Crippen LogP contribution in [-0.2, 0) is 9.53 Å². The van der Waals surface area contributed by atoms with Gasteiger partial charge in [0.25, 0.3) is 0 Å². The van der Waals surface area contributed by atoms with E-state index in [-0.39, 0.29) is 10.8 Å². The van der Waals surface area contributed by atoms with Crippen LogP contribution in [0.1, 0.15) is 36.7 Å². The van der Waals surface area contributed by atoms with Gasteiger partial charge in [-0.1, -0.05) is 59.6 Å². The molecule has 0 aliphatic rings. The highest BCUT2D eigenvalue weighted by Crippen LogP contribution is 2.24. The van der Waals surface area contributed by atoms with Crippen molar-refractivity contribution in [3.63, 3.8) is 0 Å². The molecule has 16 heavy (non-hydrogen) atoms. The molecule has 0 saturated heterocycles. The highest BCUT2D eigenvalue weighted by Gasteiger charge is 2.17. The first-order valence-corrected chi connectivity index (χ1v) is 6.44. The van der Waals surface area contributed by atoms with Crippen LogP contribution in [0.25, 0.3) is 0 Å². The van der Waals surface area contributed by atoms with Gasteiger partial charge in [-0.3, -0.25) is 4.79 Å². The summed E-state index contributed by atoms with van der Waals surface area (Å²) in [6.45, 7) is 8.20. The SMILES string of the molecule is CC.CCOC(=O)C(Br)c1cccc(C)c1. The zero-order chi connectivity index (χ0) is 12.6. The molecule has 0 radical (unpaired) electrons. The number of benzene rings is 1. The number of carbonyl (C=O) groups excluding carboxylic acids is 1. The minimum Gasteiger partial charge on any atom is -0.465 e. The fourth-order valence-electron chi connectivity index (χ4n) is 1.18. The molecule has 1 unspecified atom stereocenters. The predicted octanol–water partition coefficient (Wildman–Crippen LogP) is 4.02. The summed E-state index contributed by atoms with van der Waals surface area (Å²) in [6.07, 6.45) is 0. The number of hydrogen-bond donors (Lipinski definition) is 0. The van der Waals surface area contributed by atoms with E-state index < -0.39 is 0 Å². The quantitative estimate of drug-likeness (QED) is 0.620. The van der Waals surface area contributed by atoms with E-state index in [2.05, 4.69) is 15.9 Å². The Kier molecular flexibility index (Phi) is 7.90. The minimum atomic E-state index is -0.359. The zero-order valence-corrected chi connectivity index (χ0v) is 11.9. The van der Waals surface area contributed by atoms with Crippen LogP contribution in [0.5, 0.6) is 0 Å². The Hall–Kier alpha value is -0.830. The van der Waals surface area contributed by atoms with Crippen molar-refractivity contribution in [3.8, 4) is 0 Å². The molecule has 0 aliphatic heterocycles. The largest absolute Gasteiger partial charge is 0.465 e. The molecular weight excluding hydrogens is 268 g/mol. The van der Waals surface area contributed by atoms with Crippen molar-refractivity contribution in [2.75, 3.05) is 6.61 Å². The Morgan fingerprint density at radius 1 is 1.44 bits per heavy atom. The normalized spacial score (nSPS) is 11.1. The summed E-state index contributed by atoms with van der Waals surface area (Å²) in [4.78, 5) is 11.0. The molecule has 0 N–H and O–H groups in total. The number of rotatable bonds is 3. The third-order valence-electron chi connectivity index (χ3n) is 1.83.